The minimum atomic E-state index is -1.44. The maximum Gasteiger partial charge on any atom is 0.410 e. The van der Waals surface area contributed by atoms with Crippen LogP contribution in [0.2, 0.25) is 0 Å². The summed E-state index contributed by atoms with van der Waals surface area (Å²) in [7, 11) is 0. The monoisotopic (exact) mass is 824 g/mol. The minimum absolute atomic E-state index is 0.0527. The highest BCUT2D eigenvalue weighted by molar-refractivity contribution is 7.98. The van der Waals surface area contributed by atoms with Crippen molar-refractivity contribution in [2.45, 2.75) is 101 Å². The van der Waals surface area contributed by atoms with Crippen LogP contribution in [0.25, 0.3) is 0 Å². The van der Waals surface area contributed by atoms with Crippen molar-refractivity contribution in [3.05, 3.63) is 72.3 Å². The zero-order chi connectivity index (χ0) is 41.7. The average molecular weight is 825 g/mol. The molecule has 1 heterocycles. The van der Waals surface area contributed by atoms with E-state index in [0.717, 1.165) is 41.7 Å². The van der Waals surface area contributed by atoms with Gasteiger partial charge in [-0.1, -0.05) is 30.1 Å². The summed E-state index contributed by atoms with van der Waals surface area (Å²) in [6.07, 6.45) is 10.3. The largest absolute Gasteiger partial charge is 0.459 e. The number of aliphatic hydroxyl groups excluding tert-OH is 3. The van der Waals surface area contributed by atoms with Gasteiger partial charge in [-0.05, 0) is 120 Å². The number of nitrogens with zero attached hydrogens (tertiary/aromatic N) is 2. The lowest BCUT2D eigenvalue weighted by Gasteiger charge is -2.59. The number of unbranched alkanes of at least 4 members (excludes halogenated alkanes) is 2. The summed E-state index contributed by atoms with van der Waals surface area (Å²) >= 11 is 1.67. The van der Waals surface area contributed by atoms with Crippen molar-refractivity contribution in [2.75, 3.05) is 59.0 Å². The number of carbonyl (C=O) groups excluding carboxylic acids is 1. The number of aliphatic hydroxyl groups is 3. The molecule has 320 valence electrons. The van der Waals surface area contributed by atoms with Crippen molar-refractivity contribution in [1.82, 2.24) is 4.90 Å². The fourth-order valence-corrected chi connectivity index (χ4v) is 9.00. The molecule has 1 aliphatic heterocycles. The predicted octanol–water partition coefficient (Wildman–Crippen LogP) is 8.10. The summed E-state index contributed by atoms with van der Waals surface area (Å²) in [6, 6.07) is 13.1. The molecule has 2 aliphatic carbocycles. The first-order chi connectivity index (χ1) is 28.0. The molecule has 0 unspecified atom stereocenters. The molecular weight excluding hydrogens is 761 g/mol. The second-order valence-corrected chi connectivity index (χ2v) is 16.9. The number of rotatable bonds is 22. The van der Waals surface area contributed by atoms with Crippen LogP contribution in [-0.2, 0) is 19.0 Å². The van der Waals surface area contributed by atoms with Crippen molar-refractivity contribution >= 4 is 23.6 Å². The van der Waals surface area contributed by atoms with Gasteiger partial charge in [0.2, 0.25) is 5.79 Å². The SMILES string of the molecule is C=CCO[C@@]12Oc3ccc(Oc4ccc(SC)cc4)cc3[C@H]3[C@H](CCCCO)[C@@H](CCCCO)C=C(C(=NOC(C)(C)C)C[C@@H]1N(CCOCCO)C(=O)OCC)[C@H]32. The van der Waals surface area contributed by atoms with Gasteiger partial charge in [0.05, 0.1) is 44.7 Å². The molecule has 2 aromatic carbocycles. The molecule has 0 saturated heterocycles. The summed E-state index contributed by atoms with van der Waals surface area (Å²) in [5, 5.41) is 34.1. The van der Waals surface area contributed by atoms with Gasteiger partial charge in [-0.25, -0.2) is 4.79 Å². The molecular formula is C45H64N2O10S. The lowest BCUT2D eigenvalue weighted by atomic mass is 9.55. The van der Waals surface area contributed by atoms with Gasteiger partial charge in [0.1, 0.15) is 28.9 Å². The van der Waals surface area contributed by atoms with E-state index in [0.29, 0.717) is 35.8 Å². The van der Waals surface area contributed by atoms with Crippen LogP contribution >= 0.6 is 11.8 Å². The molecule has 0 radical (unpaired) electrons. The van der Waals surface area contributed by atoms with E-state index in [1.54, 1.807) is 29.7 Å². The van der Waals surface area contributed by atoms with Crippen LogP contribution in [0.4, 0.5) is 4.79 Å². The molecule has 3 aliphatic rings. The first kappa shape index (κ1) is 45.5. The number of thioether (sulfide) groups is 1. The summed E-state index contributed by atoms with van der Waals surface area (Å²) < 4.78 is 32.2. The Morgan fingerprint density at radius 2 is 1.74 bits per heavy atom. The van der Waals surface area contributed by atoms with E-state index < -0.39 is 29.4 Å². The molecule has 6 atom stereocenters. The average Bonchev–Trinajstić information content (AvgIpc) is 3.21. The van der Waals surface area contributed by atoms with E-state index in [-0.39, 0.29) is 77.0 Å². The molecule has 0 bridgehead atoms. The number of carbonyl (C=O) groups is 1. The van der Waals surface area contributed by atoms with Gasteiger partial charge >= 0.3 is 6.09 Å². The van der Waals surface area contributed by atoms with Gasteiger partial charge in [0, 0.05) is 42.6 Å². The lowest BCUT2D eigenvalue weighted by molar-refractivity contribution is -0.256. The highest BCUT2D eigenvalue weighted by atomic mass is 32.2. The first-order valence-electron chi connectivity index (χ1n) is 20.7. The van der Waals surface area contributed by atoms with Gasteiger partial charge in [0.15, 0.2) is 0 Å². The molecule has 1 saturated carbocycles. The van der Waals surface area contributed by atoms with Crippen LogP contribution in [0.15, 0.2) is 76.8 Å². The van der Waals surface area contributed by atoms with Crippen LogP contribution in [0.5, 0.6) is 17.2 Å². The third-order valence-electron chi connectivity index (χ3n) is 11.0. The van der Waals surface area contributed by atoms with Crippen molar-refractivity contribution in [3.8, 4) is 17.2 Å². The lowest BCUT2D eigenvalue weighted by Crippen LogP contribution is -2.70. The van der Waals surface area contributed by atoms with Gasteiger partial charge in [-0.15, -0.1) is 18.3 Å². The summed E-state index contributed by atoms with van der Waals surface area (Å²) in [5.74, 6) is -0.0179. The first-order valence-corrected chi connectivity index (χ1v) is 22.0. The Hall–Kier alpha value is -3.59. The van der Waals surface area contributed by atoms with E-state index in [9.17, 15) is 20.1 Å². The Balaban J connectivity index is 1.77. The van der Waals surface area contributed by atoms with Crippen molar-refractivity contribution < 1.29 is 48.6 Å². The number of benzene rings is 2. The minimum Gasteiger partial charge on any atom is -0.459 e. The Morgan fingerprint density at radius 3 is 2.40 bits per heavy atom. The van der Waals surface area contributed by atoms with Gasteiger partial charge < -0.3 is 43.8 Å². The van der Waals surface area contributed by atoms with Crippen molar-refractivity contribution in [3.63, 3.8) is 0 Å². The maximum atomic E-state index is 14.1. The number of fused-ring (bicyclic) bond motifs is 2. The molecule has 3 N–H and O–H groups in total. The molecule has 1 fully saturated rings. The smallest absolute Gasteiger partial charge is 0.410 e. The third-order valence-corrected chi connectivity index (χ3v) is 11.7. The normalized spacial score (nSPS) is 24.2. The number of hydrogen-bond donors (Lipinski definition) is 3. The van der Waals surface area contributed by atoms with Crippen LogP contribution in [0.1, 0.15) is 84.1 Å². The molecule has 58 heavy (non-hydrogen) atoms. The molecule has 12 nitrogen and oxygen atoms in total. The topological polar surface area (TPSA) is 149 Å². The van der Waals surface area contributed by atoms with Crippen molar-refractivity contribution in [1.29, 1.82) is 0 Å². The molecule has 1 amide bonds. The van der Waals surface area contributed by atoms with Crippen molar-refractivity contribution in [2.24, 2.45) is 22.9 Å². The summed E-state index contributed by atoms with van der Waals surface area (Å²) in [4.78, 5) is 23.1. The molecule has 0 aromatic heterocycles. The van der Waals surface area contributed by atoms with E-state index >= 15 is 0 Å². The molecule has 0 spiro atoms. The van der Waals surface area contributed by atoms with Crippen LogP contribution in [-0.4, -0.2) is 109 Å². The summed E-state index contributed by atoms with van der Waals surface area (Å²) in [6.45, 7) is 12.3. The van der Waals surface area contributed by atoms with Crippen LogP contribution in [0.3, 0.4) is 0 Å². The van der Waals surface area contributed by atoms with Gasteiger partial charge in [-0.2, -0.15) is 0 Å². The standard InChI is InChI=1S/C45H64N2O10S/c1-7-25-54-45-40(47(43(51)53-8-2)21-26-52-27-24-50)30-38(46-57-44(3,4)5)36-28-31(13-9-11-22-48)35(14-10-12-23-49)41(42(36)45)37-29-33(17-20-39(37)56-45)55-32-15-18-34(58-6)19-16-32/h7,15-20,28-29,31,35,40-42,48-50H,1,8-14,21-27,30H2,2-6H3/t31-,35+,40-,41+,42+,45+/m0/s1. The fraction of sp³-hybridized carbons (Fsp3) is 0.600. The van der Waals surface area contributed by atoms with Gasteiger partial charge in [0.25, 0.3) is 0 Å². The highest BCUT2D eigenvalue weighted by Gasteiger charge is 2.65. The number of hydrogen-bond acceptors (Lipinski definition) is 12. The second-order valence-electron chi connectivity index (χ2n) is 16.0. The Kier molecular flexibility index (Phi) is 16.9. The van der Waals surface area contributed by atoms with E-state index in [4.69, 9.17) is 33.7 Å². The van der Waals surface area contributed by atoms with E-state index in [1.165, 1.54) is 0 Å². The number of oxime groups is 1. The number of amides is 1. The number of ether oxygens (including phenoxy) is 5. The van der Waals surface area contributed by atoms with E-state index in [2.05, 4.69) is 18.7 Å². The molecule has 2 aromatic rings. The zero-order valence-corrected chi connectivity index (χ0v) is 35.7. The van der Waals surface area contributed by atoms with Crippen LogP contribution in [0, 0.1) is 17.8 Å². The maximum absolute atomic E-state index is 14.1. The number of allylic oxidation sites excluding steroid dienone is 1. The highest BCUT2D eigenvalue weighted by Crippen LogP contribution is 2.62. The Bertz CT molecular complexity index is 1690. The van der Waals surface area contributed by atoms with E-state index in [1.807, 2.05) is 63.4 Å². The predicted molar refractivity (Wildman–Crippen MR) is 226 cm³/mol. The zero-order valence-electron chi connectivity index (χ0n) is 34.9. The third kappa shape index (κ3) is 11.0. The summed E-state index contributed by atoms with van der Waals surface area (Å²) in [5.41, 5.74) is 1.98. The van der Waals surface area contributed by atoms with Gasteiger partial charge in [-0.3, -0.25) is 4.90 Å². The molecule has 5 rings (SSSR count). The second kappa shape index (κ2) is 21.6. The fourth-order valence-electron chi connectivity index (χ4n) is 8.59. The Labute approximate surface area is 348 Å². The van der Waals surface area contributed by atoms with Crippen LogP contribution < -0.4 is 9.47 Å². The Morgan fingerprint density at radius 1 is 1.02 bits per heavy atom. The molecule has 13 heteroatoms. The quantitative estimate of drug-likeness (QED) is 0.0458.